The van der Waals surface area contributed by atoms with Gasteiger partial charge in [-0.15, -0.1) is 0 Å². The maximum atomic E-state index is 11.0. The fourth-order valence-electron chi connectivity index (χ4n) is 3.23. The maximum Gasteiger partial charge on any atom is 0.212 e. The highest BCUT2D eigenvalue weighted by molar-refractivity contribution is 5.94. The quantitative estimate of drug-likeness (QED) is 0.816. The SMILES string of the molecule is CCOC1=N[C@H]([C@H](O)[C@H]2OC(C)(C)O[C@@H]2C)C(OCC)=N[C@H]1C(C)C. The number of nitrogens with zero attached hydrogens (tertiary/aromatic N) is 2. The molecule has 5 atom stereocenters. The van der Waals surface area contributed by atoms with Crippen molar-refractivity contribution in [1.29, 1.82) is 0 Å². The van der Waals surface area contributed by atoms with Gasteiger partial charge in [0, 0.05) is 0 Å². The van der Waals surface area contributed by atoms with Gasteiger partial charge < -0.3 is 24.1 Å². The van der Waals surface area contributed by atoms with Crippen molar-refractivity contribution in [2.75, 3.05) is 13.2 Å². The summed E-state index contributed by atoms with van der Waals surface area (Å²) in [6, 6.07) is -0.874. The Balaban J connectivity index is 2.30. The Kier molecular flexibility index (Phi) is 6.45. The number of aliphatic hydroxyl groups excluding tert-OH is 1. The van der Waals surface area contributed by atoms with Crippen LogP contribution in [0.3, 0.4) is 0 Å². The van der Waals surface area contributed by atoms with E-state index in [0.717, 1.165) is 0 Å². The summed E-state index contributed by atoms with van der Waals surface area (Å²) in [5.74, 6) is 0.437. The average Bonchev–Trinajstić information content (AvgIpc) is 2.80. The third kappa shape index (κ3) is 4.51. The lowest BCUT2D eigenvalue weighted by Gasteiger charge is -2.32. The predicted molar refractivity (Wildman–Crippen MR) is 96.0 cm³/mol. The van der Waals surface area contributed by atoms with Crippen molar-refractivity contribution in [1.82, 2.24) is 0 Å². The predicted octanol–water partition coefficient (Wildman–Crippen LogP) is 2.16. The first-order chi connectivity index (χ1) is 11.7. The highest BCUT2D eigenvalue weighted by Crippen LogP contribution is 2.32. The Bertz CT molecular complexity index is 518. The van der Waals surface area contributed by atoms with Crippen LogP contribution < -0.4 is 0 Å². The van der Waals surface area contributed by atoms with Crippen LogP contribution in [0.4, 0.5) is 0 Å². The number of hydrogen-bond donors (Lipinski definition) is 1. The molecular formula is C18H32N2O5. The van der Waals surface area contributed by atoms with Crippen LogP contribution in [0, 0.1) is 5.92 Å². The molecule has 2 rings (SSSR count). The van der Waals surface area contributed by atoms with Crippen LogP contribution in [0.15, 0.2) is 9.98 Å². The van der Waals surface area contributed by atoms with E-state index in [1.807, 2.05) is 34.6 Å². The summed E-state index contributed by atoms with van der Waals surface area (Å²) in [5.41, 5.74) is 0. The van der Waals surface area contributed by atoms with Gasteiger partial charge in [-0.05, 0) is 40.5 Å². The van der Waals surface area contributed by atoms with E-state index in [-0.39, 0.29) is 18.1 Å². The zero-order chi connectivity index (χ0) is 18.8. The third-order valence-electron chi connectivity index (χ3n) is 4.27. The topological polar surface area (TPSA) is 81.9 Å². The average molecular weight is 356 g/mol. The molecule has 1 fully saturated rings. The van der Waals surface area contributed by atoms with E-state index in [9.17, 15) is 5.11 Å². The van der Waals surface area contributed by atoms with Gasteiger partial charge in [-0.3, -0.25) is 0 Å². The maximum absolute atomic E-state index is 11.0. The summed E-state index contributed by atoms with van der Waals surface area (Å²) in [6.07, 6.45) is -1.72. The molecule has 0 bridgehead atoms. The number of rotatable bonds is 5. The van der Waals surface area contributed by atoms with Gasteiger partial charge in [0.05, 0.1) is 19.3 Å². The summed E-state index contributed by atoms with van der Waals surface area (Å²) in [5, 5.41) is 11.0. The van der Waals surface area contributed by atoms with Crippen molar-refractivity contribution in [3.05, 3.63) is 0 Å². The molecule has 2 heterocycles. The molecule has 2 aliphatic heterocycles. The van der Waals surface area contributed by atoms with Crippen LogP contribution in [-0.4, -0.2) is 66.3 Å². The smallest absolute Gasteiger partial charge is 0.212 e. The molecule has 0 unspecified atom stereocenters. The minimum atomic E-state index is -0.939. The minimum Gasteiger partial charge on any atom is -0.480 e. The number of aliphatic imine (C=N–C) groups is 2. The molecule has 0 radical (unpaired) electrons. The van der Waals surface area contributed by atoms with Crippen molar-refractivity contribution in [2.24, 2.45) is 15.9 Å². The fourth-order valence-corrected chi connectivity index (χ4v) is 3.23. The molecule has 0 aliphatic carbocycles. The molecule has 1 N–H and O–H groups in total. The lowest BCUT2D eigenvalue weighted by molar-refractivity contribution is -0.154. The summed E-state index contributed by atoms with van der Waals surface area (Å²) in [6.45, 7) is 14.4. The normalized spacial score (nSPS) is 33.0. The Morgan fingerprint density at radius 2 is 1.56 bits per heavy atom. The lowest BCUT2D eigenvalue weighted by atomic mass is 9.98. The summed E-state index contributed by atoms with van der Waals surface area (Å²) < 4.78 is 23.0. The molecule has 2 aliphatic rings. The highest BCUT2D eigenvalue weighted by Gasteiger charge is 2.47. The minimum absolute atomic E-state index is 0.209. The first kappa shape index (κ1) is 20.1. The van der Waals surface area contributed by atoms with Gasteiger partial charge in [0.25, 0.3) is 0 Å². The zero-order valence-corrected chi connectivity index (χ0v) is 16.4. The Morgan fingerprint density at radius 1 is 1.04 bits per heavy atom. The molecule has 0 aromatic rings. The molecule has 0 saturated carbocycles. The van der Waals surface area contributed by atoms with Crippen LogP contribution >= 0.6 is 0 Å². The first-order valence-corrected chi connectivity index (χ1v) is 9.14. The molecule has 1 saturated heterocycles. The van der Waals surface area contributed by atoms with Crippen molar-refractivity contribution in [3.63, 3.8) is 0 Å². The molecule has 0 amide bonds. The molecule has 0 aromatic carbocycles. The van der Waals surface area contributed by atoms with Gasteiger partial charge in [0.2, 0.25) is 11.8 Å². The van der Waals surface area contributed by atoms with E-state index < -0.39 is 24.0 Å². The Hall–Kier alpha value is -1.18. The van der Waals surface area contributed by atoms with Gasteiger partial charge in [0.15, 0.2) is 11.8 Å². The largest absolute Gasteiger partial charge is 0.480 e. The van der Waals surface area contributed by atoms with Crippen molar-refractivity contribution >= 4 is 11.8 Å². The van der Waals surface area contributed by atoms with Crippen LogP contribution in [-0.2, 0) is 18.9 Å². The van der Waals surface area contributed by atoms with Crippen LogP contribution in [0.2, 0.25) is 0 Å². The van der Waals surface area contributed by atoms with E-state index in [2.05, 4.69) is 23.8 Å². The zero-order valence-electron chi connectivity index (χ0n) is 16.4. The monoisotopic (exact) mass is 356 g/mol. The molecule has 25 heavy (non-hydrogen) atoms. The Labute approximate surface area is 150 Å². The van der Waals surface area contributed by atoms with E-state index >= 15 is 0 Å². The third-order valence-corrected chi connectivity index (χ3v) is 4.27. The lowest BCUT2D eigenvalue weighted by Crippen LogP contribution is -2.49. The second-order valence-electron chi connectivity index (χ2n) is 7.23. The molecule has 144 valence electrons. The van der Waals surface area contributed by atoms with Gasteiger partial charge >= 0.3 is 0 Å². The van der Waals surface area contributed by atoms with Gasteiger partial charge in [-0.2, -0.15) is 0 Å². The van der Waals surface area contributed by atoms with Crippen molar-refractivity contribution in [2.45, 2.75) is 84.6 Å². The van der Waals surface area contributed by atoms with Crippen LogP contribution in [0.5, 0.6) is 0 Å². The van der Waals surface area contributed by atoms with E-state index in [1.54, 1.807) is 0 Å². The first-order valence-electron chi connectivity index (χ1n) is 9.14. The van der Waals surface area contributed by atoms with Crippen molar-refractivity contribution in [3.8, 4) is 0 Å². The number of ether oxygens (including phenoxy) is 4. The fraction of sp³-hybridized carbons (Fsp3) is 0.889. The second-order valence-corrected chi connectivity index (χ2v) is 7.23. The highest BCUT2D eigenvalue weighted by atomic mass is 16.8. The molecule has 7 nitrogen and oxygen atoms in total. The molecule has 7 heteroatoms. The van der Waals surface area contributed by atoms with Gasteiger partial charge in [-0.1, -0.05) is 13.8 Å². The van der Waals surface area contributed by atoms with E-state index in [1.165, 1.54) is 0 Å². The van der Waals surface area contributed by atoms with Gasteiger partial charge in [-0.25, -0.2) is 9.98 Å². The summed E-state index contributed by atoms with van der Waals surface area (Å²) in [7, 11) is 0. The van der Waals surface area contributed by atoms with E-state index in [4.69, 9.17) is 18.9 Å². The summed E-state index contributed by atoms with van der Waals surface area (Å²) >= 11 is 0. The molecular weight excluding hydrogens is 324 g/mol. The molecule has 0 aromatic heterocycles. The number of aliphatic hydroxyl groups is 1. The molecule has 0 spiro atoms. The van der Waals surface area contributed by atoms with Crippen LogP contribution in [0.25, 0.3) is 0 Å². The summed E-state index contributed by atoms with van der Waals surface area (Å²) in [4.78, 5) is 9.34. The second kappa shape index (κ2) is 8.01. The van der Waals surface area contributed by atoms with Crippen LogP contribution in [0.1, 0.15) is 48.5 Å². The van der Waals surface area contributed by atoms with Gasteiger partial charge in [0.1, 0.15) is 18.2 Å². The van der Waals surface area contributed by atoms with Crippen molar-refractivity contribution < 1.29 is 24.1 Å². The standard InChI is InChI=1S/C18H32N2O5/c1-8-22-16-12(10(3)4)19-17(23-9-2)13(20-16)14(21)15-11(5)24-18(6,7)25-15/h10-15,21H,8-9H2,1-7H3/t11-,12+,13-,14+,15+/m1/s1. The Morgan fingerprint density at radius 3 is 2.00 bits per heavy atom. The number of hydrogen-bond acceptors (Lipinski definition) is 7. The van der Waals surface area contributed by atoms with E-state index in [0.29, 0.717) is 25.0 Å².